The summed E-state index contributed by atoms with van der Waals surface area (Å²) in [6.07, 6.45) is 8.72. The van der Waals surface area contributed by atoms with Gasteiger partial charge >= 0.3 is 6.03 Å². The number of nitrogens with zero attached hydrogens (tertiary/aromatic N) is 1. The van der Waals surface area contributed by atoms with E-state index in [-0.39, 0.29) is 11.6 Å². The topological polar surface area (TPSA) is 32.3 Å². The summed E-state index contributed by atoms with van der Waals surface area (Å²) in [6, 6.07) is 0.106. The third-order valence-electron chi connectivity index (χ3n) is 3.64. The van der Waals surface area contributed by atoms with Gasteiger partial charge in [-0.05, 0) is 25.7 Å². The third-order valence-corrected chi connectivity index (χ3v) is 3.64. The van der Waals surface area contributed by atoms with Gasteiger partial charge in [-0.3, -0.25) is 0 Å². The van der Waals surface area contributed by atoms with Crippen LogP contribution in [0.3, 0.4) is 0 Å². The van der Waals surface area contributed by atoms with Crippen LogP contribution in [0.15, 0.2) is 12.7 Å². The zero-order valence-electron chi connectivity index (χ0n) is 9.30. The van der Waals surface area contributed by atoms with Crippen LogP contribution in [0, 0.1) is 0 Å². The highest BCUT2D eigenvalue weighted by molar-refractivity contribution is 5.75. The zero-order chi connectivity index (χ0) is 10.7. The molecule has 0 aromatic heterocycles. The molecule has 0 unspecified atom stereocenters. The standard InChI is InChI=1S/C12H20N2O/c1-2-12(7-3-4-8-12)13-11(15)14-9-5-6-10-14/h2H,1,3-10H2,(H,13,15). The third kappa shape index (κ3) is 2.16. The van der Waals surface area contributed by atoms with Gasteiger partial charge in [0.15, 0.2) is 0 Å². The minimum absolute atomic E-state index is 0.106. The van der Waals surface area contributed by atoms with Crippen LogP contribution >= 0.6 is 0 Å². The van der Waals surface area contributed by atoms with Gasteiger partial charge in [0.2, 0.25) is 0 Å². The Morgan fingerprint density at radius 3 is 2.33 bits per heavy atom. The van der Waals surface area contributed by atoms with Gasteiger partial charge < -0.3 is 10.2 Å². The lowest BCUT2D eigenvalue weighted by Crippen LogP contribution is -2.50. The maximum Gasteiger partial charge on any atom is 0.318 e. The molecule has 2 aliphatic rings. The minimum atomic E-state index is -0.111. The van der Waals surface area contributed by atoms with Gasteiger partial charge in [0, 0.05) is 13.1 Å². The van der Waals surface area contributed by atoms with E-state index in [4.69, 9.17) is 0 Å². The van der Waals surface area contributed by atoms with Gasteiger partial charge in [-0.25, -0.2) is 4.79 Å². The first-order valence-corrected chi connectivity index (χ1v) is 5.96. The number of nitrogens with one attached hydrogen (secondary N) is 1. The van der Waals surface area contributed by atoms with Crippen molar-refractivity contribution in [2.45, 2.75) is 44.1 Å². The van der Waals surface area contributed by atoms with Crippen molar-refractivity contribution in [1.29, 1.82) is 0 Å². The van der Waals surface area contributed by atoms with Crippen LogP contribution in [0.4, 0.5) is 4.79 Å². The quantitative estimate of drug-likeness (QED) is 0.694. The van der Waals surface area contributed by atoms with E-state index in [0.29, 0.717) is 0 Å². The molecule has 0 bridgehead atoms. The molecule has 1 saturated carbocycles. The maximum atomic E-state index is 11.9. The fourth-order valence-corrected chi connectivity index (χ4v) is 2.60. The highest BCUT2D eigenvalue weighted by atomic mass is 16.2. The van der Waals surface area contributed by atoms with Gasteiger partial charge in [0.25, 0.3) is 0 Å². The Balaban J connectivity index is 1.94. The number of hydrogen-bond donors (Lipinski definition) is 1. The summed E-state index contributed by atoms with van der Waals surface area (Å²) in [7, 11) is 0. The summed E-state index contributed by atoms with van der Waals surface area (Å²) in [4.78, 5) is 13.9. The molecular weight excluding hydrogens is 188 g/mol. The molecule has 3 heteroatoms. The van der Waals surface area contributed by atoms with Gasteiger partial charge in [0.05, 0.1) is 5.54 Å². The molecule has 1 aliphatic heterocycles. The SMILES string of the molecule is C=CC1(NC(=O)N2CCCC2)CCCC1. The molecule has 0 aromatic rings. The molecule has 84 valence electrons. The van der Waals surface area contributed by atoms with Crippen LogP contribution in [0.1, 0.15) is 38.5 Å². The van der Waals surface area contributed by atoms with Crippen molar-refractivity contribution < 1.29 is 4.79 Å². The largest absolute Gasteiger partial charge is 0.329 e. The lowest BCUT2D eigenvalue weighted by molar-refractivity contribution is 0.199. The highest BCUT2D eigenvalue weighted by Crippen LogP contribution is 2.30. The summed E-state index contributed by atoms with van der Waals surface area (Å²) < 4.78 is 0. The predicted octanol–water partition coefficient (Wildman–Crippen LogP) is 2.29. The normalized spacial score (nSPS) is 24.1. The van der Waals surface area contributed by atoms with Crippen LogP contribution in [0.2, 0.25) is 0 Å². The molecule has 2 rings (SSSR count). The van der Waals surface area contributed by atoms with E-state index in [2.05, 4.69) is 11.9 Å². The van der Waals surface area contributed by atoms with Crippen molar-refractivity contribution in [2.24, 2.45) is 0 Å². The van der Waals surface area contributed by atoms with Gasteiger partial charge in [-0.2, -0.15) is 0 Å². The van der Waals surface area contributed by atoms with E-state index in [9.17, 15) is 4.79 Å². The van der Waals surface area contributed by atoms with Crippen LogP contribution in [-0.2, 0) is 0 Å². The summed E-state index contributed by atoms with van der Waals surface area (Å²) in [5.74, 6) is 0. The smallest absolute Gasteiger partial charge is 0.318 e. The molecule has 0 atom stereocenters. The Bertz CT molecular complexity index is 250. The maximum absolute atomic E-state index is 11.9. The first-order chi connectivity index (χ1) is 7.26. The van der Waals surface area contributed by atoms with Gasteiger partial charge in [-0.1, -0.05) is 18.9 Å². The average molecular weight is 208 g/mol. The summed E-state index contributed by atoms with van der Waals surface area (Å²) in [5.41, 5.74) is -0.111. The molecule has 0 radical (unpaired) electrons. The van der Waals surface area contributed by atoms with Crippen LogP contribution in [0.5, 0.6) is 0 Å². The van der Waals surface area contributed by atoms with Gasteiger partial charge in [-0.15, -0.1) is 6.58 Å². The molecule has 0 aromatic carbocycles. The molecule has 1 aliphatic carbocycles. The number of rotatable bonds is 2. The Hall–Kier alpha value is -0.990. The monoisotopic (exact) mass is 208 g/mol. The Morgan fingerprint density at radius 1 is 1.20 bits per heavy atom. The van der Waals surface area contributed by atoms with E-state index in [1.54, 1.807) is 0 Å². The first kappa shape index (κ1) is 10.5. The van der Waals surface area contributed by atoms with Crippen LogP contribution in [0.25, 0.3) is 0 Å². The summed E-state index contributed by atoms with van der Waals surface area (Å²) in [6.45, 7) is 5.69. The first-order valence-electron chi connectivity index (χ1n) is 5.96. The van der Waals surface area contributed by atoms with Crippen molar-refractivity contribution in [2.75, 3.05) is 13.1 Å². The van der Waals surface area contributed by atoms with Gasteiger partial charge in [0.1, 0.15) is 0 Å². The molecule has 1 heterocycles. The fraction of sp³-hybridized carbons (Fsp3) is 0.750. The molecular formula is C12H20N2O. The second-order valence-electron chi connectivity index (χ2n) is 4.69. The predicted molar refractivity (Wildman–Crippen MR) is 60.7 cm³/mol. The van der Waals surface area contributed by atoms with E-state index in [1.165, 1.54) is 12.8 Å². The van der Waals surface area contributed by atoms with Crippen LogP contribution in [-0.4, -0.2) is 29.6 Å². The Kier molecular flexibility index (Phi) is 2.98. The highest BCUT2D eigenvalue weighted by Gasteiger charge is 2.33. The summed E-state index contributed by atoms with van der Waals surface area (Å²) in [5, 5.41) is 3.15. The number of carbonyl (C=O) groups excluding carboxylic acids is 1. The van der Waals surface area contributed by atoms with Crippen molar-refractivity contribution in [1.82, 2.24) is 10.2 Å². The molecule has 3 nitrogen and oxygen atoms in total. The molecule has 15 heavy (non-hydrogen) atoms. The second-order valence-corrected chi connectivity index (χ2v) is 4.69. The van der Waals surface area contributed by atoms with E-state index >= 15 is 0 Å². The Morgan fingerprint density at radius 2 is 1.80 bits per heavy atom. The second kappa shape index (κ2) is 4.25. The van der Waals surface area contributed by atoms with Crippen molar-refractivity contribution >= 4 is 6.03 Å². The molecule has 2 amide bonds. The lowest BCUT2D eigenvalue weighted by atomic mass is 9.98. The lowest BCUT2D eigenvalue weighted by Gasteiger charge is -2.29. The van der Waals surface area contributed by atoms with E-state index < -0.39 is 0 Å². The van der Waals surface area contributed by atoms with Crippen molar-refractivity contribution in [3.63, 3.8) is 0 Å². The van der Waals surface area contributed by atoms with Crippen LogP contribution < -0.4 is 5.32 Å². The van der Waals surface area contributed by atoms with Crippen molar-refractivity contribution in [3.8, 4) is 0 Å². The number of hydrogen-bond acceptors (Lipinski definition) is 1. The minimum Gasteiger partial charge on any atom is -0.329 e. The van der Waals surface area contributed by atoms with Crippen molar-refractivity contribution in [3.05, 3.63) is 12.7 Å². The molecule has 0 spiro atoms. The molecule has 1 saturated heterocycles. The molecule has 1 N–H and O–H groups in total. The van der Waals surface area contributed by atoms with E-state index in [1.807, 2.05) is 11.0 Å². The zero-order valence-corrected chi connectivity index (χ0v) is 9.30. The van der Waals surface area contributed by atoms with E-state index in [0.717, 1.165) is 38.8 Å². The molecule has 2 fully saturated rings. The number of amides is 2. The number of likely N-dealkylation sites (tertiary alicyclic amines) is 1. The number of carbonyl (C=O) groups is 1. The average Bonchev–Trinajstić information content (AvgIpc) is 2.88. The Labute approximate surface area is 91.5 Å². The summed E-state index contributed by atoms with van der Waals surface area (Å²) >= 11 is 0. The number of urea groups is 1. The fourth-order valence-electron chi connectivity index (χ4n) is 2.60.